The monoisotopic (exact) mass is 383 g/mol. The molecule has 0 fully saturated rings. The van der Waals surface area contributed by atoms with Crippen molar-refractivity contribution in [2.75, 3.05) is 11.4 Å². The largest absolute Gasteiger partial charge is 0.415 e. The highest BCUT2D eigenvalue weighted by atomic mass is 32.2. The van der Waals surface area contributed by atoms with Crippen LogP contribution < -0.4 is 10.0 Å². The number of benzene rings is 2. The van der Waals surface area contributed by atoms with Crippen LogP contribution in [0.2, 0.25) is 0 Å². The lowest BCUT2D eigenvalue weighted by Crippen LogP contribution is -2.45. The van der Waals surface area contributed by atoms with E-state index in [-0.39, 0.29) is 10.7 Å². The molecular formula is C17H16F3N3O2S. The molecule has 9 heteroatoms. The molecule has 2 aromatic rings. The Labute approximate surface area is 149 Å². The molecule has 2 N–H and O–H groups in total. The Morgan fingerprint density at radius 1 is 1.08 bits per heavy atom. The molecule has 1 heterocycles. The second-order valence-electron chi connectivity index (χ2n) is 6.20. The van der Waals surface area contributed by atoms with Gasteiger partial charge >= 0.3 is 6.18 Å². The SMILES string of the molecule is CC1(C(F)(F)F)CN(c2ccc(S(N)(=O)=O)cc2)C(c2ccccc2)=N1. The number of hydrogen-bond acceptors (Lipinski definition) is 4. The van der Waals surface area contributed by atoms with Gasteiger partial charge in [-0.25, -0.2) is 18.5 Å². The first-order chi connectivity index (χ1) is 12.0. The van der Waals surface area contributed by atoms with Gasteiger partial charge in [-0.05, 0) is 31.2 Å². The Bertz CT molecular complexity index is 941. The maximum absolute atomic E-state index is 13.5. The smallest absolute Gasteiger partial charge is 0.323 e. The van der Waals surface area contributed by atoms with Crippen molar-refractivity contribution in [1.29, 1.82) is 0 Å². The maximum Gasteiger partial charge on any atom is 0.415 e. The Balaban J connectivity index is 2.07. The third-order valence-electron chi connectivity index (χ3n) is 4.19. The first kappa shape index (κ1) is 18.4. The second kappa shape index (κ2) is 6.10. The quantitative estimate of drug-likeness (QED) is 0.886. The van der Waals surface area contributed by atoms with E-state index in [0.717, 1.165) is 6.92 Å². The molecule has 26 heavy (non-hydrogen) atoms. The summed E-state index contributed by atoms with van der Waals surface area (Å²) in [6.45, 7) is 0.629. The molecule has 1 unspecified atom stereocenters. The fourth-order valence-corrected chi connectivity index (χ4v) is 3.22. The van der Waals surface area contributed by atoms with Crippen LogP contribution in [0, 0.1) is 0 Å². The number of nitrogens with zero attached hydrogens (tertiary/aromatic N) is 2. The molecule has 1 aliphatic heterocycles. The van der Waals surface area contributed by atoms with Crippen molar-refractivity contribution in [2.45, 2.75) is 23.5 Å². The highest BCUT2D eigenvalue weighted by Crippen LogP contribution is 2.40. The molecule has 138 valence electrons. The molecule has 0 radical (unpaired) electrons. The van der Waals surface area contributed by atoms with Gasteiger partial charge in [-0.15, -0.1) is 0 Å². The van der Waals surface area contributed by atoms with Crippen LogP contribution in [0.5, 0.6) is 0 Å². The average Bonchev–Trinajstić information content (AvgIpc) is 2.94. The molecule has 0 bridgehead atoms. The second-order valence-corrected chi connectivity index (χ2v) is 7.76. The first-order valence-electron chi connectivity index (χ1n) is 7.64. The third-order valence-corrected chi connectivity index (χ3v) is 5.12. The topological polar surface area (TPSA) is 75.8 Å². The first-order valence-corrected chi connectivity index (χ1v) is 9.18. The lowest BCUT2D eigenvalue weighted by atomic mass is 10.0. The fourth-order valence-electron chi connectivity index (χ4n) is 2.70. The van der Waals surface area contributed by atoms with Gasteiger partial charge < -0.3 is 4.90 Å². The number of halogens is 3. The van der Waals surface area contributed by atoms with Crippen LogP contribution in [-0.2, 0) is 10.0 Å². The summed E-state index contributed by atoms with van der Waals surface area (Å²) >= 11 is 0. The minimum atomic E-state index is -4.53. The van der Waals surface area contributed by atoms with E-state index in [9.17, 15) is 21.6 Å². The molecule has 5 nitrogen and oxygen atoms in total. The van der Waals surface area contributed by atoms with Gasteiger partial charge in [-0.1, -0.05) is 30.3 Å². The van der Waals surface area contributed by atoms with Gasteiger partial charge in [0.05, 0.1) is 11.4 Å². The molecule has 1 aliphatic rings. The van der Waals surface area contributed by atoms with Crippen LogP contribution in [-0.4, -0.2) is 32.5 Å². The van der Waals surface area contributed by atoms with Crippen molar-refractivity contribution in [3.63, 3.8) is 0 Å². The summed E-state index contributed by atoms with van der Waals surface area (Å²) in [7, 11) is -3.88. The number of aliphatic imine (C=N–C) groups is 1. The van der Waals surface area contributed by atoms with Crippen LogP contribution in [0.1, 0.15) is 12.5 Å². The molecule has 0 spiro atoms. The van der Waals surface area contributed by atoms with Crippen LogP contribution in [0.4, 0.5) is 18.9 Å². The molecule has 1 atom stereocenters. The number of rotatable bonds is 3. The van der Waals surface area contributed by atoms with Crippen LogP contribution in [0.3, 0.4) is 0 Å². The number of hydrogen-bond donors (Lipinski definition) is 1. The fraction of sp³-hybridized carbons (Fsp3) is 0.235. The molecule has 0 aromatic heterocycles. The summed E-state index contributed by atoms with van der Waals surface area (Å²) < 4.78 is 63.3. The van der Waals surface area contributed by atoms with Crippen molar-refractivity contribution in [3.8, 4) is 0 Å². The predicted molar refractivity (Wildman–Crippen MR) is 92.6 cm³/mol. The van der Waals surface area contributed by atoms with Gasteiger partial charge in [0.15, 0.2) is 5.54 Å². The maximum atomic E-state index is 13.5. The van der Waals surface area contributed by atoms with E-state index in [4.69, 9.17) is 5.14 Å². The Hall–Kier alpha value is -2.39. The predicted octanol–water partition coefficient (Wildman–Crippen LogP) is 2.92. The van der Waals surface area contributed by atoms with E-state index in [1.54, 1.807) is 30.3 Å². The zero-order chi connectivity index (χ0) is 19.2. The van der Waals surface area contributed by atoms with Crippen molar-refractivity contribution >= 4 is 21.5 Å². The summed E-state index contributed by atoms with van der Waals surface area (Å²) in [6, 6.07) is 13.9. The summed E-state index contributed by atoms with van der Waals surface area (Å²) in [5, 5.41) is 5.06. The molecule has 0 saturated heterocycles. The summed E-state index contributed by atoms with van der Waals surface area (Å²) in [4.78, 5) is 5.28. The van der Waals surface area contributed by atoms with Crippen LogP contribution in [0.15, 0.2) is 64.5 Å². The van der Waals surface area contributed by atoms with Crippen molar-refractivity contribution in [3.05, 3.63) is 60.2 Å². The normalized spacial score (nSPS) is 21.0. The number of nitrogens with two attached hydrogens (primary N) is 1. The standard InChI is InChI=1S/C17H16F3N3O2S/c1-16(17(18,19)20)11-23(15(22-16)12-5-3-2-4-6-12)13-7-9-14(10-8-13)26(21,24)25/h2-10H,11H2,1H3,(H2,21,24,25). The van der Waals surface area contributed by atoms with E-state index in [1.165, 1.54) is 29.2 Å². The van der Waals surface area contributed by atoms with E-state index in [0.29, 0.717) is 11.3 Å². The molecule has 0 amide bonds. The van der Waals surface area contributed by atoms with Gasteiger partial charge in [0, 0.05) is 11.3 Å². The summed E-state index contributed by atoms with van der Waals surface area (Å²) in [5.74, 6) is 0.175. The van der Waals surface area contributed by atoms with E-state index in [1.807, 2.05) is 0 Å². The van der Waals surface area contributed by atoms with Crippen LogP contribution >= 0.6 is 0 Å². The molecule has 0 aliphatic carbocycles. The van der Waals surface area contributed by atoms with Gasteiger partial charge in [0.25, 0.3) is 0 Å². The molecule has 3 rings (SSSR count). The third kappa shape index (κ3) is 3.32. The zero-order valence-electron chi connectivity index (χ0n) is 13.7. The highest BCUT2D eigenvalue weighted by Gasteiger charge is 2.56. The van der Waals surface area contributed by atoms with Crippen molar-refractivity contribution < 1.29 is 21.6 Å². The minimum Gasteiger partial charge on any atom is -0.323 e. The Morgan fingerprint density at radius 2 is 1.65 bits per heavy atom. The number of amidine groups is 1. The number of primary sulfonamides is 1. The highest BCUT2D eigenvalue weighted by molar-refractivity contribution is 7.89. The number of anilines is 1. The van der Waals surface area contributed by atoms with Gasteiger partial charge in [-0.3, -0.25) is 0 Å². The molecular weight excluding hydrogens is 367 g/mol. The lowest BCUT2D eigenvalue weighted by molar-refractivity contribution is -0.174. The number of alkyl halides is 3. The summed E-state index contributed by atoms with van der Waals surface area (Å²) in [6.07, 6.45) is -4.53. The lowest BCUT2D eigenvalue weighted by Gasteiger charge is -2.27. The van der Waals surface area contributed by atoms with E-state index in [2.05, 4.69) is 4.99 Å². The van der Waals surface area contributed by atoms with Gasteiger partial charge in [-0.2, -0.15) is 13.2 Å². The van der Waals surface area contributed by atoms with E-state index >= 15 is 0 Å². The van der Waals surface area contributed by atoms with Crippen molar-refractivity contribution in [1.82, 2.24) is 0 Å². The van der Waals surface area contributed by atoms with Crippen LogP contribution in [0.25, 0.3) is 0 Å². The Kier molecular flexibility index (Phi) is 4.32. The van der Waals surface area contributed by atoms with Gasteiger partial charge in [0.1, 0.15) is 5.84 Å². The summed E-state index contributed by atoms with van der Waals surface area (Å²) in [5.41, 5.74) is -1.33. The average molecular weight is 383 g/mol. The van der Waals surface area contributed by atoms with Crippen molar-refractivity contribution in [2.24, 2.45) is 10.1 Å². The number of sulfonamides is 1. The van der Waals surface area contributed by atoms with Gasteiger partial charge in [0.2, 0.25) is 10.0 Å². The molecule has 0 saturated carbocycles. The minimum absolute atomic E-state index is 0.114. The zero-order valence-corrected chi connectivity index (χ0v) is 14.6. The van der Waals surface area contributed by atoms with E-state index < -0.39 is 28.3 Å². The molecule has 2 aromatic carbocycles. The Morgan fingerprint density at radius 3 is 2.15 bits per heavy atom.